The van der Waals surface area contributed by atoms with E-state index in [2.05, 4.69) is 12.1 Å². The third-order valence-corrected chi connectivity index (χ3v) is 2.48. The van der Waals surface area contributed by atoms with Crippen molar-refractivity contribution in [3.63, 3.8) is 0 Å². The summed E-state index contributed by atoms with van der Waals surface area (Å²) in [5, 5.41) is 18.3. The van der Waals surface area contributed by atoms with Crippen LogP contribution >= 0.6 is 0 Å². The van der Waals surface area contributed by atoms with Gasteiger partial charge in [-0.15, -0.1) is 0 Å². The minimum Gasteiger partial charge on any atom is -0.396 e. The van der Waals surface area contributed by atoms with E-state index in [1.165, 1.54) is 5.56 Å². The Morgan fingerprint density at radius 3 is 2.56 bits per heavy atom. The van der Waals surface area contributed by atoms with Crippen LogP contribution in [-0.2, 0) is 6.42 Å². The predicted molar refractivity (Wildman–Crippen MR) is 66.2 cm³/mol. The summed E-state index contributed by atoms with van der Waals surface area (Å²) in [5.41, 5.74) is 1.26. The minimum atomic E-state index is -0.282. The van der Waals surface area contributed by atoms with Crippen molar-refractivity contribution in [1.29, 1.82) is 0 Å². The summed E-state index contributed by atoms with van der Waals surface area (Å²) < 4.78 is 0. The van der Waals surface area contributed by atoms with Crippen molar-refractivity contribution in [2.45, 2.75) is 31.8 Å². The third-order valence-electron chi connectivity index (χ3n) is 2.48. The summed E-state index contributed by atoms with van der Waals surface area (Å²) in [6.45, 7) is 0.177. The first-order valence-corrected chi connectivity index (χ1v) is 5.80. The molecule has 16 heavy (non-hydrogen) atoms. The van der Waals surface area contributed by atoms with E-state index in [0.717, 1.165) is 12.8 Å². The van der Waals surface area contributed by atoms with Crippen molar-refractivity contribution in [3.05, 3.63) is 48.0 Å². The second-order valence-corrected chi connectivity index (χ2v) is 3.90. The maximum absolute atomic E-state index is 9.70. The summed E-state index contributed by atoms with van der Waals surface area (Å²) in [4.78, 5) is 0. The Balaban J connectivity index is 2.17. The van der Waals surface area contributed by atoms with Crippen LogP contribution in [0.4, 0.5) is 0 Å². The Kier molecular flexibility index (Phi) is 6.54. The quantitative estimate of drug-likeness (QED) is 0.692. The van der Waals surface area contributed by atoms with E-state index in [1.54, 1.807) is 0 Å². The highest BCUT2D eigenvalue weighted by Crippen LogP contribution is 2.07. The molecule has 2 nitrogen and oxygen atoms in total. The smallest absolute Gasteiger partial charge is 0.0577 e. The van der Waals surface area contributed by atoms with E-state index in [-0.39, 0.29) is 12.7 Å². The third kappa shape index (κ3) is 5.69. The molecule has 0 radical (unpaired) electrons. The lowest BCUT2D eigenvalue weighted by molar-refractivity contribution is 0.168. The summed E-state index contributed by atoms with van der Waals surface area (Å²) in [7, 11) is 0. The van der Waals surface area contributed by atoms with Crippen molar-refractivity contribution in [2.75, 3.05) is 6.61 Å². The van der Waals surface area contributed by atoms with Gasteiger partial charge in [-0.25, -0.2) is 0 Å². The molecule has 1 rings (SSSR count). The van der Waals surface area contributed by atoms with Crippen molar-refractivity contribution in [3.8, 4) is 0 Å². The van der Waals surface area contributed by atoms with E-state index in [0.29, 0.717) is 12.8 Å². The number of aliphatic hydroxyl groups is 2. The maximum atomic E-state index is 9.70. The average molecular weight is 220 g/mol. The molecule has 88 valence electrons. The number of hydrogen-bond donors (Lipinski definition) is 2. The van der Waals surface area contributed by atoms with E-state index in [1.807, 2.05) is 30.4 Å². The SMILES string of the molecule is OCC/C=C/CC(O)CCc1ccccc1. The van der Waals surface area contributed by atoms with Crippen LogP contribution in [0.25, 0.3) is 0 Å². The largest absolute Gasteiger partial charge is 0.396 e. The van der Waals surface area contributed by atoms with Gasteiger partial charge in [0.05, 0.1) is 6.10 Å². The molecular weight excluding hydrogens is 200 g/mol. The molecule has 2 heteroatoms. The van der Waals surface area contributed by atoms with Crippen LogP contribution in [-0.4, -0.2) is 22.9 Å². The zero-order chi connectivity index (χ0) is 11.6. The second-order valence-electron chi connectivity index (χ2n) is 3.90. The second kappa shape index (κ2) is 8.08. The molecule has 1 aromatic rings. The molecule has 0 heterocycles. The van der Waals surface area contributed by atoms with Gasteiger partial charge in [0.1, 0.15) is 0 Å². The van der Waals surface area contributed by atoms with Gasteiger partial charge in [-0.05, 0) is 31.2 Å². The van der Waals surface area contributed by atoms with E-state index < -0.39 is 0 Å². The molecule has 2 N–H and O–H groups in total. The Bertz CT molecular complexity index is 293. The summed E-state index contributed by atoms with van der Waals surface area (Å²) >= 11 is 0. The molecule has 0 fully saturated rings. The molecule has 0 spiro atoms. The number of hydrogen-bond acceptors (Lipinski definition) is 2. The van der Waals surface area contributed by atoms with E-state index in [9.17, 15) is 5.11 Å². The predicted octanol–water partition coefficient (Wildman–Crippen LogP) is 2.31. The highest BCUT2D eigenvalue weighted by molar-refractivity contribution is 5.14. The first kappa shape index (κ1) is 12.9. The average Bonchev–Trinajstić information content (AvgIpc) is 2.33. The van der Waals surface area contributed by atoms with Crippen molar-refractivity contribution < 1.29 is 10.2 Å². The lowest BCUT2D eigenvalue weighted by atomic mass is 10.0. The summed E-state index contributed by atoms with van der Waals surface area (Å²) in [6, 6.07) is 10.2. The number of rotatable bonds is 7. The van der Waals surface area contributed by atoms with Gasteiger partial charge in [-0.1, -0.05) is 42.5 Å². The molecule has 0 aliphatic carbocycles. The standard InChI is InChI=1S/C14H20O2/c15-12-6-2-5-9-14(16)11-10-13-7-3-1-4-8-13/h1-5,7-8,14-16H,6,9-12H2/b5-2+. The topological polar surface area (TPSA) is 40.5 Å². The lowest BCUT2D eigenvalue weighted by Crippen LogP contribution is -2.06. The van der Waals surface area contributed by atoms with Crippen molar-refractivity contribution in [2.24, 2.45) is 0 Å². The molecule has 0 saturated heterocycles. The van der Waals surface area contributed by atoms with Gasteiger partial charge in [0, 0.05) is 6.61 Å². The Hall–Kier alpha value is -1.12. The van der Waals surface area contributed by atoms with Gasteiger partial charge in [0.15, 0.2) is 0 Å². The maximum Gasteiger partial charge on any atom is 0.0577 e. The van der Waals surface area contributed by atoms with Gasteiger partial charge in [0.2, 0.25) is 0 Å². The van der Waals surface area contributed by atoms with Crippen LogP contribution in [0, 0.1) is 0 Å². The molecule has 1 aromatic carbocycles. The minimum absolute atomic E-state index is 0.177. The van der Waals surface area contributed by atoms with Crippen LogP contribution < -0.4 is 0 Å². The van der Waals surface area contributed by atoms with Crippen molar-refractivity contribution in [1.82, 2.24) is 0 Å². The van der Waals surface area contributed by atoms with Gasteiger partial charge < -0.3 is 10.2 Å². The molecular formula is C14H20O2. The highest BCUT2D eigenvalue weighted by atomic mass is 16.3. The Labute approximate surface area is 97.2 Å². The fourth-order valence-corrected chi connectivity index (χ4v) is 1.54. The van der Waals surface area contributed by atoms with Gasteiger partial charge in [0.25, 0.3) is 0 Å². The zero-order valence-electron chi connectivity index (χ0n) is 9.55. The van der Waals surface area contributed by atoms with Crippen molar-refractivity contribution >= 4 is 0 Å². The van der Waals surface area contributed by atoms with Crippen LogP contribution in [0.3, 0.4) is 0 Å². The fraction of sp³-hybridized carbons (Fsp3) is 0.429. The highest BCUT2D eigenvalue weighted by Gasteiger charge is 2.01. The number of benzene rings is 1. The van der Waals surface area contributed by atoms with Gasteiger partial charge in [-0.3, -0.25) is 0 Å². The fourth-order valence-electron chi connectivity index (χ4n) is 1.54. The van der Waals surface area contributed by atoms with Crippen LogP contribution in [0.1, 0.15) is 24.8 Å². The van der Waals surface area contributed by atoms with E-state index >= 15 is 0 Å². The number of aryl methyl sites for hydroxylation is 1. The number of aliphatic hydroxyl groups excluding tert-OH is 2. The Morgan fingerprint density at radius 2 is 1.88 bits per heavy atom. The molecule has 1 atom stereocenters. The summed E-state index contributed by atoms with van der Waals surface area (Å²) in [6.07, 6.45) is 6.61. The van der Waals surface area contributed by atoms with Crippen LogP contribution in [0.15, 0.2) is 42.5 Å². The lowest BCUT2D eigenvalue weighted by Gasteiger charge is -2.07. The van der Waals surface area contributed by atoms with Crippen LogP contribution in [0.5, 0.6) is 0 Å². The molecule has 0 saturated carbocycles. The molecule has 1 unspecified atom stereocenters. The normalized spacial score (nSPS) is 13.1. The molecule has 0 amide bonds. The molecule has 0 bridgehead atoms. The monoisotopic (exact) mass is 220 g/mol. The molecule has 0 aliphatic rings. The zero-order valence-corrected chi connectivity index (χ0v) is 9.55. The summed E-state index contributed by atoms with van der Waals surface area (Å²) in [5.74, 6) is 0. The molecule has 0 aliphatic heterocycles. The first-order valence-electron chi connectivity index (χ1n) is 5.80. The van der Waals surface area contributed by atoms with E-state index in [4.69, 9.17) is 5.11 Å². The molecule has 0 aromatic heterocycles. The van der Waals surface area contributed by atoms with Gasteiger partial charge >= 0.3 is 0 Å². The van der Waals surface area contributed by atoms with Gasteiger partial charge in [-0.2, -0.15) is 0 Å². The Morgan fingerprint density at radius 1 is 1.12 bits per heavy atom. The first-order chi connectivity index (χ1) is 7.83. The van der Waals surface area contributed by atoms with Crippen LogP contribution in [0.2, 0.25) is 0 Å².